The van der Waals surface area contributed by atoms with Crippen LogP contribution >= 0.6 is 0 Å². The molecule has 0 aliphatic carbocycles. The molecule has 0 heterocycles. The Hall–Kier alpha value is -2.08. The van der Waals surface area contributed by atoms with Crippen LogP contribution in [0.25, 0.3) is 29.0 Å². The molecule has 0 aliphatic heterocycles. The lowest BCUT2D eigenvalue weighted by Gasteiger charge is -2.15. The molecular formula is C20H22. The first-order chi connectivity index (χ1) is 9.74. The van der Waals surface area contributed by atoms with Crippen molar-refractivity contribution in [2.45, 2.75) is 27.2 Å². The Morgan fingerprint density at radius 2 is 1.70 bits per heavy atom. The maximum Gasteiger partial charge on any atom is -0.0103 e. The van der Waals surface area contributed by atoms with E-state index < -0.39 is 0 Å². The van der Waals surface area contributed by atoms with E-state index in [2.05, 4.69) is 75.9 Å². The fourth-order valence-corrected chi connectivity index (χ4v) is 2.70. The lowest BCUT2D eigenvalue weighted by atomic mass is 9.89. The molecule has 2 aromatic carbocycles. The predicted octanol–water partition coefficient (Wildman–Crippen LogP) is 6.25. The molecule has 0 nitrogen and oxygen atoms in total. The summed E-state index contributed by atoms with van der Waals surface area (Å²) in [6.45, 7) is 10.4. The van der Waals surface area contributed by atoms with E-state index in [4.69, 9.17) is 0 Å². The number of fused-ring (bicyclic) bond motifs is 1. The van der Waals surface area contributed by atoms with Gasteiger partial charge in [0.25, 0.3) is 0 Å². The van der Waals surface area contributed by atoms with Gasteiger partial charge in [-0.15, -0.1) is 0 Å². The Bertz CT molecular complexity index is 685. The summed E-state index contributed by atoms with van der Waals surface area (Å²) in [6.07, 6.45) is 11.8. The van der Waals surface area contributed by atoms with Crippen molar-refractivity contribution in [2.75, 3.05) is 0 Å². The Labute approximate surface area is 122 Å². The zero-order chi connectivity index (χ0) is 14.5. The van der Waals surface area contributed by atoms with Crippen molar-refractivity contribution in [1.82, 2.24) is 0 Å². The van der Waals surface area contributed by atoms with Gasteiger partial charge in [-0.05, 0) is 53.3 Å². The highest BCUT2D eigenvalue weighted by atomic mass is 14.1. The lowest BCUT2D eigenvalue weighted by Crippen LogP contribution is -1.94. The van der Waals surface area contributed by atoms with Crippen LogP contribution in [0.4, 0.5) is 0 Å². The van der Waals surface area contributed by atoms with Gasteiger partial charge in [-0.25, -0.2) is 0 Å². The zero-order valence-corrected chi connectivity index (χ0v) is 12.6. The summed E-state index contributed by atoms with van der Waals surface area (Å²) >= 11 is 0. The summed E-state index contributed by atoms with van der Waals surface area (Å²) in [5.74, 6) is 0. The summed E-state index contributed by atoms with van der Waals surface area (Å²) in [5, 5.41) is 2.59. The highest BCUT2D eigenvalue weighted by Gasteiger charge is 2.11. The smallest absolute Gasteiger partial charge is 0.0103 e. The highest BCUT2D eigenvalue weighted by molar-refractivity contribution is 5.99. The van der Waals surface area contributed by atoms with Crippen LogP contribution in [-0.4, -0.2) is 0 Å². The molecule has 0 unspecified atom stereocenters. The number of aryl methyl sites for hydroxylation is 1. The molecule has 0 aliphatic rings. The Balaban J connectivity index is 2.94. The maximum absolute atomic E-state index is 4.02. The van der Waals surface area contributed by atoms with Crippen LogP contribution < -0.4 is 0 Å². The Morgan fingerprint density at radius 1 is 1.00 bits per heavy atom. The van der Waals surface area contributed by atoms with Gasteiger partial charge in [0, 0.05) is 0 Å². The first-order valence-corrected chi connectivity index (χ1v) is 7.21. The molecule has 2 rings (SSSR count). The van der Waals surface area contributed by atoms with Gasteiger partial charge in [0.15, 0.2) is 0 Å². The summed E-state index contributed by atoms with van der Waals surface area (Å²) in [4.78, 5) is 0. The second-order valence-electron chi connectivity index (χ2n) is 4.93. The van der Waals surface area contributed by atoms with Crippen molar-refractivity contribution in [3.05, 3.63) is 65.3 Å². The molecule has 0 N–H and O–H groups in total. The van der Waals surface area contributed by atoms with Crippen LogP contribution in [0.3, 0.4) is 0 Å². The first-order valence-electron chi connectivity index (χ1n) is 7.21. The van der Waals surface area contributed by atoms with Gasteiger partial charge in [0.1, 0.15) is 0 Å². The third kappa shape index (κ3) is 2.46. The van der Waals surface area contributed by atoms with Gasteiger partial charge in [0.05, 0.1) is 0 Å². The third-order valence-corrected chi connectivity index (χ3v) is 3.66. The fraction of sp³-hybridized carbons (Fsp3) is 0.200. The first kappa shape index (κ1) is 14.3. The molecular weight excluding hydrogens is 240 g/mol. The molecule has 0 saturated carbocycles. The molecule has 2 aromatic rings. The van der Waals surface area contributed by atoms with Crippen LogP contribution in [-0.2, 0) is 0 Å². The standard InChI is InChI=1S/C20H22/c1-5-8-12-17-15(4)18-13-9-10-14-20(18)16(7-3)19(17)11-6-2/h6-14H,3,5H2,1-2,4H3/b11-6-,12-8-. The highest BCUT2D eigenvalue weighted by Crippen LogP contribution is 2.33. The molecule has 0 bridgehead atoms. The molecule has 0 radical (unpaired) electrons. The third-order valence-electron chi connectivity index (χ3n) is 3.66. The molecule has 0 spiro atoms. The molecule has 0 atom stereocenters. The summed E-state index contributed by atoms with van der Waals surface area (Å²) in [5.41, 5.74) is 5.13. The predicted molar refractivity (Wildman–Crippen MR) is 92.8 cm³/mol. The number of benzene rings is 2. The molecule has 0 heteroatoms. The fourth-order valence-electron chi connectivity index (χ4n) is 2.70. The van der Waals surface area contributed by atoms with Crippen molar-refractivity contribution in [1.29, 1.82) is 0 Å². The minimum Gasteiger partial charge on any atom is -0.0984 e. The van der Waals surface area contributed by atoms with E-state index in [0.717, 1.165) is 6.42 Å². The topological polar surface area (TPSA) is 0 Å². The minimum absolute atomic E-state index is 1.05. The van der Waals surface area contributed by atoms with Crippen molar-refractivity contribution in [3.63, 3.8) is 0 Å². The van der Waals surface area contributed by atoms with Gasteiger partial charge in [-0.2, -0.15) is 0 Å². The molecule has 0 saturated heterocycles. The van der Waals surface area contributed by atoms with E-state index in [1.807, 2.05) is 6.08 Å². The van der Waals surface area contributed by atoms with E-state index in [1.165, 1.54) is 33.0 Å². The quantitative estimate of drug-likeness (QED) is 0.611. The van der Waals surface area contributed by atoms with Crippen molar-refractivity contribution >= 4 is 29.0 Å². The van der Waals surface area contributed by atoms with E-state index in [-0.39, 0.29) is 0 Å². The van der Waals surface area contributed by atoms with Gasteiger partial charge >= 0.3 is 0 Å². The zero-order valence-electron chi connectivity index (χ0n) is 12.6. The van der Waals surface area contributed by atoms with Crippen molar-refractivity contribution < 1.29 is 0 Å². The minimum atomic E-state index is 1.05. The van der Waals surface area contributed by atoms with E-state index in [9.17, 15) is 0 Å². The van der Waals surface area contributed by atoms with Crippen LogP contribution in [0, 0.1) is 6.92 Å². The van der Waals surface area contributed by atoms with E-state index in [0.29, 0.717) is 0 Å². The van der Waals surface area contributed by atoms with Gasteiger partial charge in [0.2, 0.25) is 0 Å². The van der Waals surface area contributed by atoms with Crippen LogP contribution in [0.15, 0.2) is 43.0 Å². The number of rotatable bonds is 4. The van der Waals surface area contributed by atoms with E-state index >= 15 is 0 Å². The van der Waals surface area contributed by atoms with Crippen LogP contribution in [0.1, 0.15) is 42.5 Å². The van der Waals surface area contributed by atoms with E-state index in [1.54, 1.807) is 0 Å². The number of allylic oxidation sites excluding steroid dienone is 2. The maximum atomic E-state index is 4.02. The Kier molecular flexibility index (Phi) is 4.57. The van der Waals surface area contributed by atoms with Gasteiger partial charge in [-0.3, -0.25) is 0 Å². The monoisotopic (exact) mass is 262 g/mol. The number of hydrogen-bond donors (Lipinski definition) is 0. The Morgan fingerprint density at radius 3 is 2.30 bits per heavy atom. The average Bonchev–Trinajstić information content (AvgIpc) is 2.48. The van der Waals surface area contributed by atoms with Crippen molar-refractivity contribution in [2.24, 2.45) is 0 Å². The second-order valence-corrected chi connectivity index (χ2v) is 4.93. The van der Waals surface area contributed by atoms with Gasteiger partial charge < -0.3 is 0 Å². The summed E-state index contributed by atoms with van der Waals surface area (Å²) in [7, 11) is 0. The summed E-state index contributed by atoms with van der Waals surface area (Å²) in [6, 6.07) is 8.57. The van der Waals surface area contributed by atoms with Crippen molar-refractivity contribution in [3.8, 4) is 0 Å². The summed E-state index contributed by atoms with van der Waals surface area (Å²) < 4.78 is 0. The molecule has 20 heavy (non-hydrogen) atoms. The SMILES string of the molecule is C=Cc1c(/C=C\C)c(/C=C\CC)c(C)c2ccccc12. The average molecular weight is 262 g/mol. The van der Waals surface area contributed by atoms with Crippen LogP contribution in [0.5, 0.6) is 0 Å². The van der Waals surface area contributed by atoms with Gasteiger partial charge in [-0.1, -0.05) is 68.1 Å². The molecule has 0 fully saturated rings. The second kappa shape index (κ2) is 6.38. The van der Waals surface area contributed by atoms with Crippen LogP contribution in [0.2, 0.25) is 0 Å². The molecule has 0 aromatic heterocycles. The largest absolute Gasteiger partial charge is 0.0984 e. The number of hydrogen-bond acceptors (Lipinski definition) is 0. The molecule has 102 valence electrons. The normalized spacial score (nSPS) is 11.8. The molecule has 0 amide bonds. The lowest BCUT2D eigenvalue weighted by molar-refractivity contribution is 1.23.